The van der Waals surface area contributed by atoms with E-state index in [0.29, 0.717) is 11.6 Å². The molecule has 0 fully saturated rings. The van der Waals surface area contributed by atoms with Crippen molar-refractivity contribution in [3.05, 3.63) is 52.7 Å². The summed E-state index contributed by atoms with van der Waals surface area (Å²) in [5.74, 6) is -4.87. The lowest BCUT2D eigenvalue weighted by Gasteiger charge is -2.28. The summed E-state index contributed by atoms with van der Waals surface area (Å²) in [4.78, 5) is 24.6. The number of methoxy groups -OCH3 is 2. The van der Waals surface area contributed by atoms with Crippen molar-refractivity contribution in [3.8, 4) is 17.2 Å². The number of aromatic hydroxyl groups is 2. The molecule has 6 N–H and O–H groups in total. The molecule has 256 valence electrons. The number of allylic oxidation sites excluding steroid dienone is 2. The van der Waals surface area contributed by atoms with E-state index in [9.17, 15) is 46.5 Å². The predicted octanol–water partition coefficient (Wildman–Crippen LogP) is 4.01. The van der Waals surface area contributed by atoms with Crippen molar-refractivity contribution in [1.82, 2.24) is 0 Å². The Morgan fingerprint density at radius 3 is 2.30 bits per heavy atom. The van der Waals surface area contributed by atoms with Crippen molar-refractivity contribution < 1.29 is 64.9 Å². The number of anilines is 1. The average molecular weight is 679 g/mol. The molecule has 13 nitrogen and oxygen atoms in total. The Hall–Kier alpha value is -4.06. The second-order valence-electron chi connectivity index (χ2n) is 10.5. The Morgan fingerprint density at radius 2 is 1.76 bits per heavy atom. The zero-order chi connectivity index (χ0) is 35.1. The van der Waals surface area contributed by atoms with Crippen LogP contribution in [0.2, 0.25) is 0 Å². The van der Waals surface area contributed by atoms with Crippen LogP contribution in [0, 0.1) is 5.92 Å². The van der Waals surface area contributed by atoms with Gasteiger partial charge in [-0.3, -0.25) is 4.79 Å². The number of phenols is 2. The van der Waals surface area contributed by atoms with Crippen LogP contribution < -0.4 is 15.2 Å². The summed E-state index contributed by atoms with van der Waals surface area (Å²) in [7, 11) is -3.69. The van der Waals surface area contributed by atoms with Gasteiger partial charge in [0.1, 0.15) is 11.9 Å². The quantitative estimate of drug-likeness (QED) is 0.0990. The van der Waals surface area contributed by atoms with Crippen LogP contribution in [0.3, 0.4) is 0 Å². The van der Waals surface area contributed by atoms with E-state index >= 15 is 0 Å². The fourth-order valence-electron chi connectivity index (χ4n) is 4.50. The number of rotatable bonds is 5. The molecule has 1 aliphatic rings. The van der Waals surface area contributed by atoms with Crippen LogP contribution >= 0.6 is 0 Å². The van der Waals surface area contributed by atoms with Crippen molar-refractivity contribution in [2.75, 3.05) is 19.5 Å². The van der Waals surface area contributed by atoms with Gasteiger partial charge in [0.25, 0.3) is 5.91 Å². The molecule has 17 heteroatoms. The number of fused-ring (bicyclic) bond motifs is 2. The number of ether oxygens (including phenoxy) is 3. The van der Waals surface area contributed by atoms with Crippen molar-refractivity contribution in [2.24, 2.45) is 11.7 Å². The highest BCUT2D eigenvalue weighted by Gasteiger charge is 2.49. The van der Waals surface area contributed by atoms with Gasteiger partial charge >= 0.3 is 21.7 Å². The van der Waals surface area contributed by atoms with E-state index < -0.39 is 86.5 Å². The zero-order valence-electron chi connectivity index (χ0n) is 25.8. The lowest BCUT2D eigenvalue weighted by Crippen LogP contribution is -2.36. The maximum Gasteiger partial charge on any atom is 0.534 e. The van der Waals surface area contributed by atoms with E-state index in [4.69, 9.17) is 19.9 Å². The van der Waals surface area contributed by atoms with Crippen LogP contribution in [0.4, 0.5) is 23.7 Å². The highest BCUT2D eigenvalue weighted by molar-refractivity contribution is 7.88. The first-order valence-corrected chi connectivity index (χ1v) is 15.0. The van der Waals surface area contributed by atoms with Crippen LogP contribution in [0.15, 0.2) is 47.1 Å². The zero-order valence-corrected chi connectivity index (χ0v) is 26.6. The molecule has 1 aliphatic heterocycles. The van der Waals surface area contributed by atoms with Crippen LogP contribution in [-0.4, -0.2) is 79.9 Å². The monoisotopic (exact) mass is 678 g/mol. The second-order valence-corrected chi connectivity index (χ2v) is 12.0. The molecule has 46 heavy (non-hydrogen) atoms. The van der Waals surface area contributed by atoms with Crippen molar-refractivity contribution in [1.29, 1.82) is 0 Å². The Kier molecular flexibility index (Phi) is 12.8. The molecule has 2 bridgehead atoms. The van der Waals surface area contributed by atoms with E-state index in [0.717, 1.165) is 6.08 Å². The Labute approximate surface area is 263 Å². The summed E-state index contributed by atoms with van der Waals surface area (Å²) in [6, 6.07) is 0.608. The lowest BCUT2D eigenvalue weighted by atomic mass is 9.91. The molecule has 0 saturated heterocycles. The minimum absolute atomic E-state index is 0.0236. The van der Waals surface area contributed by atoms with Crippen molar-refractivity contribution in [2.45, 2.75) is 64.0 Å². The maximum absolute atomic E-state index is 13.2. The maximum atomic E-state index is 13.2. The van der Waals surface area contributed by atoms with Gasteiger partial charge in [0, 0.05) is 31.8 Å². The third-order valence-electron chi connectivity index (χ3n) is 6.92. The van der Waals surface area contributed by atoms with E-state index in [1.807, 2.05) is 0 Å². The molecule has 1 aromatic rings. The van der Waals surface area contributed by atoms with E-state index in [2.05, 4.69) is 9.50 Å². The molecule has 0 spiro atoms. The minimum atomic E-state index is -6.31. The van der Waals surface area contributed by atoms with Gasteiger partial charge in [-0.1, -0.05) is 36.8 Å². The number of primary amides is 1. The summed E-state index contributed by atoms with van der Waals surface area (Å²) < 4.78 is 83.6. The number of alkyl halides is 3. The number of amides is 2. The molecule has 0 saturated carbocycles. The number of aliphatic hydroxyl groups excluding tert-OH is 1. The number of benzene rings is 1. The standard InChI is InChI=1S/C29H37F3N2O11S/c1-14-10-18-24(37)19(13-20(35)26(18)45-46(40,41)29(30,31)32)34-27(38)15(2)8-7-9-21(42-5)25(44-28(33)39)17(4)12-16(3)23(36)22(11-14)43-6/h7-10,12-13,16,21-23,25,35-37H,11H2,1-6H3,(H2,33,39)(H,34,38). The first-order valence-electron chi connectivity index (χ1n) is 13.5. The Morgan fingerprint density at radius 1 is 1.13 bits per heavy atom. The van der Waals surface area contributed by atoms with Gasteiger partial charge in [0.15, 0.2) is 17.6 Å². The van der Waals surface area contributed by atoms with Gasteiger partial charge in [-0.25, -0.2) is 4.79 Å². The molecular weight excluding hydrogens is 641 g/mol. The summed E-state index contributed by atoms with van der Waals surface area (Å²) in [5.41, 5.74) is -1.16. The van der Waals surface area contributed by atoms with Gasteiger partial charge in [0.2, 0.25) is 0 Å². The highest BCUT2D eigenvalue weighted by atomic mass is 32.2. The van der Waals surface area contributed by atoms with Crippen molar-refractivity contribution in [3.63, 3.8) is 0 Å². The first-order chi connectivity index (χ1) is 21.2. The largest absolute Gasteiger partial charge is 0.534 e. The minimum Gasteiger partial charge on any atom is -0.505 e. The number of hydrogen-bond acceptors (Lipinski definition) is 11. The summed E-state index contributed by atoms with van der Waals surface area (Å²) in [6.45, 7) is 6.04. The van der Waals surface area contributed by atoms with E-state index in [1.54, 1.807) is 19.9 Å². The topological polar surface area (TPSA) is 204 Å². The van der Waals surface area contributed by atoms with Gasteiger partial charge in [-0.2, -0.15) is 21.6 Å². The van der Waals surface area contributed by atoms with Crippen molar-refractivity contribution >= 4 is 33.9 Å². The molecule has 0 aliphatic carbocycles. The Balaban J connectivity index is 2.83. The third-order valence-corrected chi connectivity index (χ3v) is 7.88. The average Bonchev–Trinajstić information content (AvgIpc) is 2.95. The Bertz CT molecular complexity index is 1540. The molecule has 2 rings (SSSR count). The fraction of sp³-hybridized carbons (Fsp3) is 0.448. The summed E-state index contributed by atoms with van der Waals surface area (Å²) in [6.07, 6.45) is 1.36. The highest BCUT2D eigenvalue weighted by Crippen LogP contribution is 2.45. The third kappa shape index (κ3) is 9.48. The molecule has 0 aromatic heterocycles. The van der Waals surface area contributed by atoms with Crippen LogP contribution in [0.1, 0.15) is 39.7 Å². The molecule has 5 atom stereocenters. The van der Waals surface area contributed by atoms with Gasteiger partial charge in [-0.05, 0) is 38.8 Å². The fourth-order valence-corrected chi connectivity index (χ4v) is 4.99. The molecule has 1 aromatic carbocycles. The number of nitrogens with two attached hydrogens (primary N) is 1. The molecular formula is C29H37F3N2O11S. The summed E-state index contributed by atoms with van der Waals surface area (Å²) in [5, 5.41) is 35.0. The number of hydrogen-bond donors (Lipinski definition) is 5. The SMILES string of the molecule is COC1C=CC=C(C)C(=O)Nc2cc(O)c(OS(=O)(=O)C(F)(F)F)c(c2O)C=C(C)CC(OC)C(O)C(C)C=C(C)C1OC(N)=O. The van der Waals surface area contributed by atoms with Gasteiger partial charge in [0.05, 0.1) is 23.5 Å². The number of halogens is 3. The number of phenolic OH excluding ortho intramolecular Hbond substituents is 2. The number of carbonyl (C=O) groups excluding carboxylic acids is 2. The lowest BCUT2D eigenvalue weighted by molar-refractivity contribution is -0.112. The molecule has 1 heterocycles. The molecule has 2 amide bonds. The first kappa shape index (κ1) is 38.1. The summed E-state index contributed by atoms with van der Waals surface area (Å²) >= 11 is 0. The van der Waals surface area contributed by atoms with Gasteiger partial charge in [-0.15, -0.1) is 0 Å². The van der Waals surface area contributed by atoms with Crippen LogP contribution in [0.25, 0.3) is 6.08 Å². The second kappa shape index (κ2) is 15.5. The molecule has 0 radical (unpaired) electrons. The van der Waals surface area contributed by atoms with Crippen LogP contribution in [0.5, 0.6) is 17.2 Å². The van der Waals surface area contributed by atoms with E-state index in [-0.39, 0.29) is 17.6 Å². The normalized spacial score (nSPS) is 23.9. The number of carbonyl (C=O) groups is 2. The molecule has 5 unspecified atom stereocenters. The number of nitrogens with one attached hydrogen (secondary N) is 1. The van der Waals surface area contributed by atoms with Gasteiger partial charge < -0.3 is 44.8 Å². The predicted molar refractivity (Wildman–Crippen MR) is 160 cm³/mol. The smallest absolute Gasteiger partial charge is 0.505 e. The van der Waals surface area contributed by atoms with E-state index in [1.165, 1.54) is 46.3 Å². The van der Waals surface area contributed by atoms with Crippen LogP contribution in [-0.2, 0) is 29.1 Å². The number of aliphatic hydroxyl groups is 1.